The molecule has 10 heteroatoms. The number of nitrogen functional groups attached to an aromatic ring is 1. The van der Waals surface area contributed by atoms with Crippen LogP contribution in [0.3, 0.4) is 0 Å². The highest BCUT2D eigenvalue weighted by Gasteiger charge is 2.27. The Morgan fingerprint density at radius 1 is 1.28 bits per heavy atom. The van der Waals surface area contributed by atoms with E-state index in [0.717, 1.165) is 0 Å². The zero-order valence-electron chi connectivity index (χ0n) is 12.4. The summed E-state index contributed by atoms with van der Waals surface area (Å²) < 4.78 is 4.86. The quantitative estimate of drug-likeness (QED) is 0.604. The molecule has 1 amide bonds. The molecule has 0 saturated heterocycles. The number of aromatic nitrogens is 1. The van der Waals surface area contributed by atoms with Gasteiger partial charge in [0.25, 0.3) is 11.1 Å². The van der Waals surface area contributed by atoms with Gasteiger partial charge in [-0.3, -0.25) is 4.79 Å². The van der Waals surface area contributed by atoms with E-state index >= 15 is 0 Å². The van der Waals surface area contributed by atoms with E-state index in [1.54, 1.807) is 18.2 Å². The summed E-state index contributed by atoms with van der Waals surface area (Å²) in [5.74, 6) is -1.54. The fourth-order valence-electron chi connectivity index (χ4n) is 1.78. The average Bonchev–Trinajstić information content (AvgIpc) is 2.61. The third-order valence-corrected chi connectivity index (χ3v) is 4.10. The molecule has 1 aromatic carbocycles. The molecule has 0 aliphatic rings. The number of carbonyl (C=O) groups excluding carboxylic acids is 2. The molecule has 0 bridgehead atoms. The summed E-state index contributed by atoms with van der Waals surface area (Å²) in [4.78, 5) is 26.3. The van der Waals surface area contributed by atoms with E-state index in [2.05, 4.69) is 10.3 Å². The molecule has 128 valence electrons. The average molecular weight is 401 g/mol. The van der Waals surface area contributed by atoms with Gasteiger partial charge in [-0.05, 0) is 29.8 Å². The molecule has 1 heterocycles. The number of pyridine rings is 1. The number of rotatable bonds is 4. The number of nitrogens with zero attached hydrogens (tertiary/aromatic N) is 1. The van der Waals surface area contributed by atoms with E-state index in [1.807, 2.05) is 6.07 Å². The highest BCUT2D eigenvalue weighted by atomic mass is 35.5. The Kier molecular flexibility index (Phi) is 6.04. The number of nitrogens with two attached hydrogens (primary N) is 1. The van der Waals surface area contributed by atoms with Crippen molar-refractivity contribution in [3.8, 4) is 6.07 Å². The van der Waals surface area contributed by atoms with E-state index in [0.29, 0.717) is 11.3 Å². The predicted octanol–water partition coefficient (Wildman–Crippen LogP) is 2.71. The first-order chi connectivity index (χ1) is 11.8. The molecule has 0 fully saturated rings. The predicted molar refractivity (Wildman–Crippen MR) is 92.5 cm³/mol. The van der Waals surface area contributed by atoms with Crippen LogP contribution in [0.1, 0.15) is 16.1 Å². The van der Waals surface area contributed by atoms with Crippen LogP contribution in [0.2, 0.25) is 15.2 Å². The molecule has 0 atom stereocenters. The van der Waals surface area contributed by atoms with Crippen molar-refractivity contribution in [3.63, 3.8) is 0 Å². The van der Waals surface area contributed by atoms with Gasteiger partial charge in [-0.2, -0.15) is 10.2 Å². The molecule has 0 aliphatic carbocycles. The Morgan fingerprint density at radius 3 is 2.68 bits per heavy atom. The number of amides is 1. The lowest BCUT2D eigenvalue weighted by atomic mass is 10.2. The maximum absolute atomic E-state index is 12.0. The lowest BCUT2D eigenvalue weighted by molar-refractivity contribution is -0.380. The van der Waals surface area contributed by atoms with Gasteiger partial charge < -0.3 is 15.8 Å². The number of hydrogen-bond donors (Lipinski definition) is 2. The zero-order valence-corrected chi connectivity index (χ0v) is 14.7. The normalized spacial score (nSPS) is 10.0. The standard InChI is InChI=1S/C15H9Cl3N4O3/c16-10-12(20)11(17)14(18)22-13(10)15(24)25-6-9(23)21-8-3-1-2-7(4-8)5-19/h1-4H,6H2,(H2,20,22)(H,21,23)/p+1. The largest absolute Gasteiger partial charge is 0.448 e. The van der Waals surface area contributed by atoms with Crippen LogP contribution < -0.4 is 16.0 Å². The summed E-state index contributed by atoms with van der Waals surface area (Å²) in [6.07, 6.45) is 0. The molecular formula is C15H10Cl3N4O3+. The molecule has 2 rings (SSSR count). The van der Waals surface area contributed by atoms with Crippen LogP contribution in [0.25, 0.3) is 0 Å². The molecule has 7 nitrogen and oxygen atoms in total. The van der Waals surface area contributed by atoms with Gasteiger partial charge in [0.1, 0.15) is 10.0 Å². The van der Waals surface area contributed by atoms with E-state index in [9.17, 15) is 9.59 Å². The molecule has 25 heavy (non-hydrogen) atoms. The third-order valence-electron chi connectivity index (χ3n) is 2.93. The molecule has 0 unspecified atom stereocenters. The van der Waals surface area contributed by atoms with Crippen LogP contribution >= 0.6 is 34.8 Å². The van der Waals surface area contributed by atoms with Crippen LogP contribution in [0.15, 0.2) is 24.3 Å². The number of carbonyl (C=O) groups is 2. The molecule has 1 aromatic heterocycles. The summed E-state index contributed by atoms with van der Waals surface area (Å²) >= 11 is 17.5. The Hall–Kier alpha value is -2.53. The van der Waals surface area contributed by atoms with Gasteiger partial charge >= 0.3 is 11.7 Å². The maximum Gasteiger partial charge on any atom is 0.405 e. The SMILES string of the molecule is N#Cc1cccc(NC(=O)COC(=O)c2[nH+]c(Cl)c(Cl)c(N)c2Cl)c1. The lowest BCUT2D eigenvalue weighted by Gasteiger charge is -2.07. The Bertz CT molecular complexity index is 896. The topological polar surface area (TPSA) is 119 Å². The Labute approximate surface area is 157 Å². The molecular weight excluding hydrogens is 391 g/mol. The van der Waals surface area contributed by atoms with Crippen LogP contribution in [0, 0.1) is 11.3 Å². The van der Waals surface area contributed by atoms with Crippen LogP contribution in [-0.2, 0) is 9.53 Å². The van der Waals surface area contributed by atoms with Gasteiger partial charge in [0.15, 0.2) is 6.61 Å². The second-order valence-electron chi connectivity index (χ2n) is 4.67. The highest BCUT2D eigenvalue weighted by molar-refractivity contribution is 6.45. The molecule has 0 saturated carbocycles. The molecule has 0 spiro atoms. The minimum Gasteiger partial charge on any atom is -0.448 e. The number of benzene rings is 1. The van der Waals surface area contributed by atoms with Gasteiger partial charge in [-0.25, -0.2) is 4.79 Å². The monoisotopic (exact) mass is 399 g/mol. The summed E-state index contributed by atoms with van der Waals surface area (Å²) in [7, 11) is 0. The summed E-state index contributed by atoms with van der Waals surface area (Å²) in [6, 6.07) is 8.20. The van der Waals surface area contributed by atoms with E-state index in [-0.39, 0.29) is 26.6 Å². The van der Waals surface area contributed by atoms with Crippen molar-refractivity contribution in [2.75, 3.05) is 17.7 Å². The Morgan fingerprint density at radius 2 is 2.00 bits per heavy atom. The number of H-pyrrole nitrogens is 1. The van der Waals surface area contributed by atoms with Crippen LogP contribution in [0.5, 0.6) is 0 Å². The number of aromatic amines is 1. The van der Waals surface area contributed by atoms with E-state index < -0.39 is 18.5 Å². The number of halogens is 3. The summed E-state index contributed by atoms with van der Waals surface area (Å²) in [6.45, 7) is -0.583. The number of nitrogens with one attached hydrogen (secondary N) is 2. The van der Waals surface area contributed by atoms with Gasteiger partial charge in [-0.15, -0.1) is 0 Å². The third kappa shape index (κ3) is 4.51. The van der Waals surface area contributed by atoms with Gasteiger partial charge in [0, 0.05) is 5.69 Å². The van der Waals surface area contributed by atoms with Crippen molar-refractivity contribution >= 4 is 58.1 Å². The Balaban J connectivity index is 2.03. The van der Waals surface area contributed by atoms with Crippen molar-refractivity contribution < 1.29 is 19.3 Å². The number of hydrogen-bond acceptors (Lipinski definition) is 5. The van der Waals surface area contributed by atoms with Crippen molar-refractivity contribution in [3.05, 3.63) is 50.7 Å². The van der Waals surface area contributed by atoms with Crippen molar-refractivity contribution in [2.45, 2.75) is 0 Å². The molecule has 2 aromatic rings. The number of ether oxygens (including phenoxy) is 1. The van der Waals surface area contributed by atoms with Crippen molar-refractivity contribution in [2.24, 2.45) is 0 Å². The first kappa shape index (κ1) is 18.8. The molecule has 0 aliphatic heterocycles. The highest BCUT2D eigenvalue weighted by Crippen LogP contribution is 2.32. The number of esters is 1. The van der Waals surface area contributed by atoms with E-state index in [4.69, 9.17) is 50.5 Å². The maximum atomic E-state index is 12.0. The second-order valence-corrected chi connectivity index (χ2v) is 5.81. The first-order valence-corrected chi connectivity index (χ1v) is 7.79. The van der Waals surface area contributed by atoms with E-state index in [1.165, 1.54) is 6.07 Å². The minimum absolute atomic E-state index is 0.0293. The van der Waals surface area contributed by atoms with Crippen molar-refractivity contribution in [1.29, 1.82) is 5.26 Å². The first-order valence-electron chi connectivity index (χ1n) is 6.66. The fraction of sp³-hybridized carbons (Fsp3) is 0.0667. The zero-order chi connectivity index (χ0) is 18.6. The van der Waals surface area contributed by atoms with Crippen LogP contribution in [-0.4, -0.2) is 18.5 Å². The van der Waals surface area contributed by atoms with Gasteiger partial charge in [-0.1, -0.05) is 29.3 Å². The minimum atomic E-state index is -0.934. The smallest absolute Gasteiger partial charge is 0.405 e. The van der Waals surface area contributed by atoms with Gasteiger partial charge in [0.05, 0.1) is 17.3 Å². The lowest BCUT2D eigenvalue weighted by Crippen LogP contribution is -2.26. The van der Waals surface area contributed by atoms with Crippen LogP contribution in [0.4, 0.5) is 11.4 Å². The molecule has 0 radical (unpaired) electrons. The van der Waals surface area contributed by atoms with Gasteiger partial charge in [0.2, 0.25) is 0 Å². The van der Waals surface area contributed by atoms with Crippen molar-refractivity contribution in [1.82, 2.24) is 0 Å². The number of nitriles is 1. The number of anilines is 2. The fourth-order valence-corrected chi connectivity index (χ4v) is 2.38. The summed E-state index contributed by atoms with van der Waals surface area (Å²) in [5.41, 5.74) is 6.08. The molecule has 4 N–H and O–H groups in total. The second kappa shape index (κ2) is 8.03. The summed E-state index contributed by atoms with van der Waals surface area (Å²) in [5, 5.41) is 11.0.